The monoisotopic (exact) mass is 343 g/mol. The molecule has 1 aliphatic rings. The van der Waals surface area contributed by atoms with E-state index in [-0.39, 0.29) is 17.9 Å². The lowest BCUT2D eigenvalue weighted by Gasteiger charge is -2.39. The Morgan fingerprint density at radius 1 is 1.28 bits per heavy atom. The fraction of sp³-hybridized carbons (Fsp3) is 0.500. The summed E-state index contributed by atoms with van der Waals surface area (Å²) in [5.74, 6) is 0.937. The molecule has 2 heterocycles. The maximum atomic E-state index is 12.6. The lowest BCUT2D eigenvalue weighted by atomic mass is 10.1. The molecule has 1 aromatic carbocycles. The molecule has 7 heteroatoms. The van der Waals surface area contributed by atoms with Crippen molar-refractivity contribution < 1.29 is 9.59 Å². The predicted molar refractivity (Wildman–Crippen MR) is 96.1 cm³/mol. The molecule has 3 rings (SSSR count). The molecule has 1 saturated heterocycles. The van der Waals surface area contributed by atoms with Crippen LogP contribution >= 0.6 is 0 Å². The summed E-state index contributed by atoms with van der Waals surface area (Å²) in [5, 5.41) is 0. The summed E-state index contributed by atoms with van der Waals surface area (Å²) in [7, 11) is 5.43. The minimum atomic E-state index is -0.265. The first-order chi connectivity index (χ1) is 12.0. The number of para-hydroxylation sites is 2. The number of aromatic amines is 1. The minimum Gasteiger partial charge on any atom is -0.347 e. The van der Waals surface area contributed by atoms with E-state index in [0.29, 0.717) is 32.5 Å². The summed E-state index contributed by atoms with van der Waals surface area (Å²) in [5.41, 5.74) is 1.90. The van der Waals surface area contributed by atoms with E-state index < -0.39 is 0 Å². The van der Waals surface area contributed by atoms with Gasteiger partial charge in [-0.3, -0.25) is 14.5 Å². The Kier molecular flexibility index (Phi) is 5.03. The summed E-state index contributed by atoms with van der Waals surface area (Å²) in [4.78, 5) is 38.0. The lowest BCUT2D eigenvalue weighted by molar-refractivity contribution is -0.141. The number of carbonyl (C=O) groups excluding carboxylic acids is 2. The molecule has 0 radical (unpaired) electrons. The van der Waals surface area contributed by atoms with Gasteiger partial charge in [-0.25, -0.2) is 4.98 Å². The highest BCUT2D eigenvalue weighted by molar-refractivity contribution is 5.83. The number of benzene rings is 1. The number of rotatable bonds is 4. The summed E-state index contributed by atoms with van der Waals surface area (Å²) in [6.45, 7) is 1.82. The molecule has 1 atom stereocenters. The van der Waals surface area contributed by atoms with Gasteiger partial charge >= 0.3 is 0 Å². The van der Waals surface area contributed by atoms with E-state index in [1.54, 1.807) is 23.9 Å². The van der Waals surface area contributed by atoms with Crippen LogP contribution in [-0.4, -0.2) is 83.3 Å². The molecule has 7 nitrogen and oxygen atoms in total. The number of aryl methyl sites for hydroxylation is 1. The second-order valence-electron chi connectivity index (χ2n) is 6.77. The molecule has 1 aliphatic heterocycles. The second-order valence-corrected chi connectivity index (χ2v) is 6.77. The molecule has 2 amide bonds. The van der Waals surface area contributed by atoms with Crippen LogP contribution in [0.5, 0.6) is 0 Å². The highest BCUT2D eigenvalue weighted by Crippen LogP contribution is 2.14. The van der Waals surface area contributed by atoms with Gasteiger partial charge in [0.15, 0.2) is 0 Å². The Labute approximate surface area is 147 Å². The molecule has 1 N–H and O–H groups in total. The Hall–Kier alpha value is -2.41. The molecular weight excluding hydrogens is 318 g/mol. The van der Waals surface area contributed by atoms with E-state index in [1.807, 2.05) is 36.2 Å². The largest absolute Gasteiger partial charge is 0.347 e. The van der Waals surface area contributed by atoms with Crippen LogP contribution in [0.3, 0.4) is 0 Å². The lowest BCUT2D eigenvalue weighted by Crippen LogP contribution is -2.58. The van der Waals surface area contributed by atoms with Gasteiger partial charge in [-0.05, 0) is 19.2 Å². The van der Waals surface area contributed by atoms with Gasteiger partial charge in [0.05, 0.1) is 11.0 Å². The van der Waals surface area contributed by atoms with Gasteiger partial charge in [-0.15, -0.1) is 0 Å². The molecule has 0 unspecified atom stereocenters. The van der Waals surface area contributed by atoms with E-state index in [2.05, 4.69) is 9.97 Å². The van der Waals surface area contributed by atoms with Crippen molar-refractivity contribution in [3.05, 3.63) is 30.1 Å². The zero-order valence-electron chi connectivity index (χ0n) is 15.0. The molecule has 0 saturated carbocycles. The first-order valence-corrected chi connectivity index (χ1v) is 8.58. The minimum absolute atomic E-state index is 0.0392. The number of aromatic nitrogens is 2. The topological polar surface area (TPSA) is 72.5 Å². The highest BCUT2D eigenvalue weighted by Gasteiger charge is 2.32. The molecule has 2 aromatic rings. The van der Waals surface area contributed by atoms with Gasteiger partial charge in [0.1, 0.15) is 11.9 Å². The van der Waals surface area contributed by atoms with Gasteiger partial charge in [-0.2, -0.15) is 0 Å². The van der Waals surface area contributed by atoms with E-state index in [0.717, 1.165) is 16.9 Å². The van der Waals surface area contributed by atoms with Crippen molar-refractivity contribution in [3.8, 4) is 0 Å². The number of hydrogen-bond donors (Lipinski definition) is 1. The molecule has 1 fully saturated rings. The number of likely N-dealkylation sites (N-methyl/N-ethyl adjacent to an activating group) is 2. The average molecular weight is 343 g/mol. The van der Waals surface area contributed by atoms with Crippen LogP contribution < -0.4 is 0 Å². The third kappa shape index (κ3) is 3.82. The van der Waals surface area contributed by atoms with Gasteiger partial charge in [0, 0.05) is 46.6 Å². The Bertz CT molecular complexity index is 737. The van der Waals surface area contributed by atoms with Crippen molar-refractivity contribution in [2.24, 2.45) is 0 Å². The third-order valence-electron chi connectivity index (χ3n) is 4.74. The fourth-order valence-electron chi connectivity index (χ4n) is 3.17. The van der Waals surface area contributed by atoms with E-state index in [9.17, 15) is 9.59 Å². The standard InChI is InChI=1S/C18H25N5O2/c1-21(2)18(25)15-12-23(11-10-22(15)3)17(24)9-8-16-19-13-6-4-5-7-14(13)20-16/h4-7,15H,8-12H2,1-3H3,(H,19,20)/t15-/m0/s1. The number of H-pyrrole nitrogens is 1. The van der Waals surface area contributed by atoms with Gasteiger partial charge in [0.25, 0.3) is 0 Å². The number of nitrogens with zero attached hydrogens (tertiary/aromatic N) is 4. The number of imidazole rings is 1. The second kappa shape index (κ2) is 7.23. The van der Waals surface area contributed by atoms with Crippen LogP contribution in [0.25, 0.3) is 11.0 Å². The van der Waals surface area contributed by atoms with E-state index in [4.69, 9.17) is 0 Å². The van der Waals surface area contributed by atoms with Gasteiger partial charge < -0.3 is 14.8 Å². The van der Waals surface area contributed by atoms with Crippen molar-refractivity contribution in [2.45, 2.75) is 18.9 Å². The number of fused-ring (bicyclic) bond motifs is 1. The Morgan fingerprint density at radius 2 is 2.04 bits per heavy atom. The van der Waals surface area contributed by atoms with E-state index in [1.165, 1.54) is 0 Å². The summed E-state index contributed by atoms with van der Waals surface area (Å²) in [6.07, 6.45) is 0.971. The van der Waals surface area contributed by atoms with Gasteiger partial charge in [-0.1, -0.05) is 12.1 Å². The smallest absolute Gasteiger partial charge is 0.241 e. The summed E-state index contributed by atoms with van der Waals surface area (Å²) < 4.78 is 0. The van der Waals surface area contributed by atoms with Crippen molar-refractivity contribution >= 4 is 22.8 Å². The number of carbonyl (C=O) groups is 2. The number of nitrogens with one attached hydrogen (secondary N) is 1. The molecule has 1 aromatic heterocycles. The predicted octanol–water partition coefficient (Wildman–Crippen LogP) is 0.726. The van der Waals surface area contributed by atoms with Gasteiger partial charge in [0.2, 0.25) is 11.8 Å². The zero-order valence-corrected chi connectivity index (χ0v) is 15.0. The molecule has 134 valence electrons. The van der Waals surface area contributed by atoms with Crippen LogP contribution in [0.1, 0.15) is 12.2 Å². The maximum Gasteiger partial charge on any atom is 0.241 e. The molecule has 0 spiro atoms. The third-order valence-corrected chi connectivity index (χ3v) is 4.74. The molecule has 25 heavy (non-hydrogen) atoms. The normalized spacial score (nSPS) is 18.5. The molecular formula is C18H25N5O2. The number of piperazine rings is 1. The summed E-state index contributed by atoms with van der Waals surface area (Å²) >= 11 is 0. The average Bonchev–Trinajstić information content (AvgIpc) is 3.02. The van der Waals surface area contributed by atoms with Crippen molar-refractivity contribution in [3.63, 3.8) is 0 Å². The van der Waals surface area contributed by atoms with Crippen LogP contribution in [0.15, 0.2) is 24.3 Å². The Morgan fingerprint density at radius 3 is 2.76 bits per heavy atom. The van der Waals surface area contributed by atoms with Crippen molar-refractivity contribution in [2.75, 3.05) is 40.8 Å². The first kappa shape index (κ1) is 17.4. The maximum absolute atomic E-state index is 12.6. The number of amides is 2. The van der Waals surface area contributed by atoms with Crippen LogP contribution in [0.4, 0.5) is 0 Å². The quantitative estimate of drug-likeness (QED) is 0.888. The number of hydrogen-bond acceptors (Lipinski definition) is 4. The van der Waals surface area contributed by atoms with Crippen molar-refractivity contribution in [1.29, 1.82) is 0 Å². The summed E-state index contributed by atoms with van der Waals surface area (Å²) in [6, 6.07) is 7.57. The highest BCUT2D eigenvalue weighted by atomic mass is 16.2. The SMILES string of the molecule is CN(C)C(=O)[C@@H]1CN(C(=O)CCc2nc3ccccc3[nH]2)CCN1C. The first-order valence-electron chi connectivity index (χ1n) is 8.58. The van der Waals surface area contributed by atoms with E-state index >= 15 is 0 Å². The van der Waals surface area contributed by atoms with Crippen LogP contribution in [0, 0.1) is 0 Å². The molecule has 0 aliphatic carbocycles. The van der Waals surface area contributed by atoms with Crippen LogP contribution in [-0.2, 0) is 16.0 Å². The molecule has 0 bridgehead atoms. The van der Waals surface area contributed by atoms with Crippen molar-refractivity contribution in [1.82, 2.24) is 24.7 Å². The van der Waals surface area contributed by atoms with Crippen LogP contribution in [0.2, 0.25) is 0 Å². The fourth-order valence-corrected chi connectivity index (χ4v) is 3.17. The zero-order chi connectivity index (χ0) is 18.0. The Balaban J connectivity index is 1.59.